The summed E-state index contributed by atoms with van der Waals surface area (Å²) in [5, 5.41) is 12.3. The van der Waals surface area contributed by atoms with E-state index < -0.39 is 0 Å². The molecule has 0 aliphatic carbocycles. The van der Waals surface area contributed by atoms with Crippen LogP contribution in [0.5, 0.6) is 0 Å². The van der Waals surface area contributed by atoms with Gasteiger partial charge in [0, 0.05) is 31.4 Å². The lowest BCUT2D eigenvalue weighted by molar-refractivity contribution is 0.282. The Morgan fingerprint density at radius 1 is 1.00 bits per heavy atom. The molecule has 0 saturated carbocycles. The van der Waals surface area contributed by atoms with E-state index in [4.69, 9.17) is 5.11 Å². The van der Waals surface area contributed by atoms with Crippen molar-refractivity contribution in [2.75, 3.05) is 6.54 Å². The Morgan fingerprint density at radius 2 is 1.78 bits per heavy atom. The summed E-state index contributed by atoms with van der Waals surface area (Å²) in [6, 6.07) is 14.0. The number of aliphatic hydroxyl groups is 1. The standard InChI is InChI=1S/C15H18N2O/c18-12-14-6-4-13(5-7-14)11-16-10-8-15-3-1-2-9-17-15/h1-7,9,16,18H,8,10-12H2. The van der Waals surface area contributed by atoms with Crippen LogP contribution in [-0.2, 0) is 19.6 Å². The third-order valence-electron chi connectivity index (χ3n) is 2.82. The quantitative estimate of drug-likeness (QED) is 0.761. The highest BCUT2D eigenvalue weighted by Crippen LogP contribution is 2.04. The Morgan fingerprint density at radius 3 is 2.44 bits per heavy atom. The summed E-state index contributed by atoms with van der Waals surface area (Å²) >= 11 is 0. The van der Waals surface area contributed by atoms with Gasteiger partial charge in [-0.05, 0) is 23.3 Å². The van der Waals surface area contributed by atoms with Gasteiger partial charge in [0.25, 0.3) is 0 Å². The molecule has 1 aromatic heterocycles. The SMILES string of the molecule is OCc1ccc(CNCCc2ccccn2)cc1. The zero-order chi connectivity index (χ0) is 12.6. The zero-order valence-electron chi connectivity index (χ0n) is 10.3. The third kappa shape index (κ3) is 3.95. The maximum Gasteiger partial charge on any atom is 0.0681 e. The van der Waals surface area contributed by atoms with Gasteiger partial charge in [-0.2, -0.15) is 0 Å². The second-order valence-corrected chi connectivity index (χ2v) is 4.22. The smallest absolute Gasteiger partial charge is 0.0681 e. The molecule has 18 heavy (non-hydrogen) atoms. The van der Waals surface area contributed by atoms with Crippen molar-refractivity contribution in [2.45, 2.75) is 19.6 Å². The molecule has 0 spiro atoms. The van der Waals surface area contributed by atoms with Gasteiger partial charge in [-0.1, -0.05) is 30.3 Å². The van der Waals surface area contributed by atoms with Gasteiger partial charge >= 0.3 is 0 Å². The molecule has 2 N–H and O–H groups in total. The van der Waals surface area contributed by atoms with E-state index in [1.54, 1.807) is 0 Å². The first kappa shape index (κ1) is 12.7. The minimum atomic E-state index is 0.105. The van der Waals surface area contributed by atoms with Gasteiger partial charge < -0.3 is 10.4 Å². The second-order valence-electron chi connectivity index (χ2n) is 4.22. The van der Waals surface area contributed by atoms with E-state index in [0.717, 1.165) is 30.8 Å². The van der Waals surface area contributed by atoms with Gasteiger partial charge in [0.2, 0.25) is 0 Å². The van der Waals surface area contributed by atoms with Crippen molar-refractivity contribution < 1.29 is 5.11 Å². The number of pyridine rings is 1. The van der Waals surface area contributed by atoms with E-state index in [2.05, 4.69) is 10.3 Å². The van der Waals surface area contributed by atoms with Gasteiger partial charge in [-0.3, -0.25) is 4.98 Å². The van der Waals surface area contributed by atoms with E-state index in [1.807, 2.05) is 48.7 Å². The Bertz CT molecular complexity index is 454. The number of benzene rings is 1. The van der Waals surface area contributed by atoms with Crippen LogP contribution in [0.3, 0.4) is 0 Å². The van der Waals surface area contributed by atoms with Gasteiger partial charge in [0.15, 0.2) is 0 Å². The fourth-order valence-electron chi connectivity index (χ4n) is 1.76. The van der Waals surface area contributed by atoms with Crippen molar-refractivity contribution in [1.29, 1.82) is 0 Å². The van der Waals surface area contributed by atoms with Crippen LogP contribution in [0.2, 0.25) is 0 Å². The molecule has 2 aromatic rings. The number of aliphatic hydroxyl groups excluding tert-OH is 1. The molecule has 1 aromatic carbocycles. The lowest BCUT2D eigenvalue weighted by atomic mass is 10.1. The number of nitrogens with zero attached hydrogens (tertiary/aromatic N) is 1. The molecule has 0 bridgehead atoms. The Labute approximate surface area is 108 Å². The summed E-state index contributed by atoms with van der Waals surface area (Å²) in [7, 11) is 0. The molecule has 0 radical (unpaired) electrons. The van der Waals surface area contributed by atoms with Gasteiger partial charge in [-0.15, -0.1) is 0 Å². The second kappa shape index (κ2) is 6.89. The number of hydrogen-bond donors (Lipinski definition) is 2. The fraction of sp³-hybridized carbons (Fsp3) is 0.267. The molecule has 0 aliphatic rings. The van der Waals surface area contributed by atoms with Crippen LogP contribution in [0.1, 0.15) is 16.8 Å². The molecule has 3 nitrogen and oxygen atoms in total. The molecular weight excluding hydrogens is 224 g/mol. The van der Waals surface area contributed by atoms with Crippen LogP contribution < -0.4 is 5.32 Å². The summed E-state index contributed by atoms with van der Waals surface area (Å²) in [5.74, 6) is 0. The van der Waals surface area contributed by atoms with E-state index in [0.29, 0.717) is 0 Å². The van der Waals surface area contributed by atoms with E-state index in [-0.39, 0.29) is 6.61 Å². The van der Waals surface area contributed by atoms with E-state index in [1.165, 1.54) is 5.56 Å². The highest BCUT2D eigenvalue weighted by atomic mass is 16.3. The minimum Gasteiger partial charge on any atom is -0.392 e. The lowest BCUT2D eigenvalue weighted by Gasteiger charge is -2.05. The molecule has 1 heterocycles. The summed E-state index contributed by atoms with van der Waals surface area (Å²) in [5.41, 5.74) is 3.29. The van der Waals surface area contributed by atoms with Gasteiger partial charge in [-0.25, -0.2) is 0 Å². The first-order valence-corrected chi connectivity index (χ1v) is 6.18. The number of rotatable bonds is 6. The van der Waals surface area contributed by atoms with Crippen LogP contribution in [0.25, 0.3) is 0 Å². The minimum absolute atomic E-state index is 0.105. The van der Waals surface area contributed by atoms with Crippen LogP contribution in [0.4, 0.5) is 0 Å². The average Bonchev–Trinajstić information content (AvgIpc) is 2.45. The van der Waals surface area contributed by atoms with Crippen molar-refractivity contribution in [3.05, 3.63) is 65.5 Å². The molecule has 0 unspecified atom stereocenters. The maximum atomic E-state index is 8.95. The van der Waals surface area contributed by atoms with Crippen LogP contribution in [-0.4, -0.2) is 16.6 Å². The molecule has 94 valence electrons. The average molecular weight is 242 g/mol. The summed E-state index contributed by atoms with van der Waals surface area (Å²) in [6.07, 6.45) is 2.76. The highest BCUT2D eigenvalue weighted by Gasteiger charge is 1.95. The number of hydrogen-bond acceptors (Lipinski definition) is 3. The van der Waals surface area contributed by atoms with Crippen molar-refractivity contribution in [1.82, 2.24) is 10.3 Å². The third-order valence-corrected chi connectivity index (χ3v) is 2.82. The van der Waals surface area contributed by atoms with Crippen molar-refractivity contribution >= 4 is 0 Å². The molecule has 0 atom stereocenters. The van der Waals surface area contributed by atoms with E-state index >= 15 is 0 Å². The molecule has 2 rings (SSSR count). The fourth-order valence-corrected chi connectivity index (χ4v) is 1.76. The summed E-state index contributed by atoms with van der Waals surface area (Å²) in [6.45, 7) is 1.87. The van der Waals surface area contributed by atoms with Crippen LogP contribution in [0.15, 0.2) is 48.7 Å². The molecular formula is C15H18N2O. The summed E-state index contributed by atoms with van der Waals surface area (Å²) in [4.78, 5) is 4.28. The molecule has 0 aliphatic heterocycles. The van der Waals surface area contributed by atoms with Gasteiger partial charge in [0.1, 0.15) is 0 Å². The number of nitrogens with one attached hydrogen (secondary N) is 1. The molecule has 3 heteroatoms. The molecule has 0 amide bonds. The van der Waals surface area contributed by atoms with Crippen LogP contribution >= 0.6 is 0 Å². The zero-order valence-corrected chi connectivity index (χ0v) is 10.3. The highest BCUT2D eigenvalue weighted by molar-refractivity contribution is 5.21. The van der Waals surface area contributed by atoms with Crippen molar-refractivity contribution in [2.24, 2.45) is 0 Å². The maximum absolute atomic E-state index is 8.95. The monoisotopic (exact) mass is 242 g/mol. The predicted octanol–water partition coefficient (Wildman–Crippen LogP) is 1.91. The predicted molar refractivity (Wildman–Crippen MR) is 72.0 cm³/mol. The van der Waals surface area contributed by atoms with Gasteiger partial charge in [0.05, 0.1) is 6.61 Å². The Hall–Kier alpha value is -1.71. The largest absolute Gasteiger partial charge is 0.392 e. The Balaban J connectivity index is 1.72. The lowest BCUT2D eigenvalue weighted by Crippen LogP contribution is -2.17. The van der Waals surface area contributed by atoms with Crippen LogP contribution in [0, 0.1) is 0 Å². The topological polar surface area (TPSA) is 45.1 Å². The summed E-state index contributed by atoms with van der Waals surface area (Å²) < 4.78 is 0. The van der Waals surface area contributed by atoms with Crippen molar-refractivity contribution in [3.63, 3.8) is 0 Å². The first-order chi connectivity index (χ1) is 8.88. The van der Waals surface area contributed by atoms with Crippen molar-refractivity contribution in [3.8, 4) is 0 Å². The van der Waals surface area contributed by atoms with E-state index in [9.17, 15) is 0 Å². The number of aromatic nitrogens is 1. The normalized spacial score (nSPS) is 10.5. The Kier molecular flexibility index (Phi) is 4.88. The molecule has 0 fully saturated rings. The first-order valence-electron chi connectivity index (χ1n) is 6.18. The molecule has 0 saturated heterocycles.